The summed E-state index contributed by atoms with van der Waals surface area (Å²) in [6.45, 7) is 1.89. The van der Waals surface area contributed by atoms with Crippen LogP contribution in [0.1, 0.15) is 44.7 Å². The third kappa shape index (κ3) is 6.23. The molecule has 3 amide bonds. The number of nitrogens with zero attached hydrogens (tertiary/aromatic N) is 1. The van der Waals surface area contributed by atoms with Gasteiger partial charge in [-0.1, -0.05) is 12.1 Å². The van der Waals surface area contributed by atoms with E-state index in [1.165, 1.54) is 0 Å². The summed E-state index contributed by atoms with van der Waals surface area (Å²) in [5.74, 6) is 2.05. The third-order valence-corrected chi connectivity index (χ3v) is 8.20. The predicted molar refractivity (Wildman–Crippen MR) is 156 cm³/mol. The molecule has 3 aromatic rings. The second-order valence-corrected chi connectivity index (χ2v) is 11.5. The van der Waals surface area contributed by atoms with E-state index in [2.05, 4.69) is 10.6 Å². The maximum absolute atomic E-state index is 13.7. The molecule has 0 radical (unpaired) electrons. The number of hydrogen-bond acceptors (Lipinski definition) is 7. The first-order valence-corrected chi connectivity index (χ1v) is 14.8. The van der Waals surface area contributed by atoms with E-state index in [1.807, 2.05) is 36.4 Å². The van der Waals surface area contributed by atoms with Crippen molar-refractivity contribution in [2.45, 2.75) is 38.0 Å². The van der Waals surface area contributed by atoms with Gasteiger partial charge in [-0.2, -0.15) is 0 Å². The molecule has 2 N–H and O–H groups in total. The number of hydrogen-bond donors (Lipinski definition) is 2. The number of rotatable bonds is 4. The molecule has 3 aromatic carbocycles. The Morgan fingerprint density at radius 3 is 2.65 bits per heavy atom. The maximum atomic E-state index is 13.7. The SMILES string of the molecule is O=C1COc2cc(OCC3CC3)cc(c2)C(=O)N[C@H]2CN(C(=O)c3ccc4c(c3)CCO4)C[C@@H]2Oc2ccc(cc2)CN1. The summed E-state index contributed by atoms with van der Waals surface area (Å²) in [5.41, 5.74) is 2.84. The lowest BCUT2D eigenvalue weighted by Crippen LogP contribution is -2.45. The van der Waals surface area contributed by atoms with Gasteiger partial charge in [0.15, 0.2) is 6.61 Å². The summed E-state index contributed by atoms with van der Waals surface area (Å²) in [6.07, 6.45) is 2.54. The van der Waals surface area contributed by atoms with Gasteiger partial charge in [-0.05, 0) is 72.4 Å². The average molecular weight is 584 g/mol. The summed E-state index contributed by atoms with van der Waals surface area (Å²) >= 11 is 0. The second-order valence-electron chi connectivity index (χ2n) is 11.5. The van der Waals surface area contributed by atoms with E-state index in [0.29, 0.717) is 60.6 Å². The first-order valence-electron chi connectivity index (χ1n) is 14.8. The summed E-state index contributed by atoms with van der Waals surface area (Å²) in [5, 5.41) is 5.95. The summed E-state index contributed by atoms with van der Waals surface area (Å²) in [7, 11) is 0. The Morgan fingerprint density at radius 2 is 1.81 bits per heavy atom. The van der Waals surface area contributed by atoms with Gasteiger partial charge >= 0.3 is 0 Å². The quantitative estimate of drug-likeness (QED) is 0.485. The fourth-order valence-electron chi connectivity index (χ4n) is 5.58. The van der Waals surface area contributed by atoms with Gasteiger partial charge in [-0.3, -0.25) is 14.4 Å². The molecule has 222 valence electrons. The summed E-state index contributed by atoms with van der Waals surface area (Å²) < 4.78 is 23.7. The molecule has 2 atom stereocenters. The zero-order valence-electron chi connectivity index (χ0n) is 23.7. The number of carbonyl (C=O) groups is 3. The number of nitrogens with one attached hydrogen (secondary N) is 2. The Bertz CT molecular complexity index is 1550. The molecule has 0 unspecified atom stereocenters. The van der Waals surface area contributed by atoms with Crippen molar-refractivity contribution in [3.8, 4) is 23.0 Å². The number of fused-ring (bicyclic) bond motifs is 8. The largest absolute Gasteiger partial charge is 0.493 e. The van der Waals surface area contributed by atoms with Crippen LogP contribution in [0.3, 0.4) is 0 Å². The van der Waals surface area contributed by atoms with Crippen molar-refractivity contribution >= 4 is 17.7 Å². The van der Waals surface area contributed by atoms with Gasteiger partial charge in [0.05, 0.1) is 25.8 Å². The molecule has 1 saturated carbocycles. The topological polar surface area (TPSA) is 115 Å². The fourth-order valence-corrected chi connectivity index (χ4v) is 5.58. The Balaban J connectivity index is 1.16. The molecule has 5 aliphatic rings. The lowest BCUT2D eigenvalue weighted by Gasteiger charge is -2.21. The number of benzene rings is 3. The van der Waals surface area contributed by atoms with E-state index in [1.54, 1.807) is 29.2 Å². The minimum Gasteiger partial charge on any atom is -0.493 e. The Morgan fingerprint density at radius 1 is 0.953 bits per heavy atom. The molecule has 10 heteroatoms. The molecule has 8 rings (SSSR count). The summed E-state index contributed by atoms with van der Waals surface area (Å²) in [4.78, 5) is 41.5. The van der Waals surface area contributed by atoms with Gasteiger partial charge in [0.2, 0.25) is 0 Å². The van der Waals surface area contributed by atoms with Crippen LogP contribution in [-0.4, -0.2) is 67.7 Å². The van der Waals surface area contributed by atoms with Crippen molar-refractivity contribution in [3.05, 3.63) is 82.9 Å². The van der Waals surface area contributed by atoms with Crippen LogP contribution in [0, 0.1) is 5.92 Å². The highest BCUT2D eigenvalue weighted by Crippen LogP contribution is 2.32. The third-order valence-electron chi connectivity index (χ3n) is 8.20. The van der Waals surface area contributed by atoms with Crippen LogP contribution >= 0.6 is 0 Å². The van der Waals surface area contributed by atoms with E-state index < -0.39 is 12.1 Å². The zero-order chi connectivity index (χ0) is 29.3. The van der Waals surface area contributed by atoms with Crippen LogP contribution in [0.4, 0.5) is 0 Å². The van der Waals surface area contributed by atoms with Crippen molar-refractivity contribution in [2.24, 2.45) is 5.92 Å². The van der Waals surface area contributed by atoms with E-state index in [-0.39, 0.29) is 30.9 Å². The Hall–Kier alpha value is -4.73. The smallest absolute Gasteiger partial charge is 0.258 e. The fraction of sp³-hybridized carbons (Fsp3) is 0.364. The number of likely N-dealkylation sites (tertiary alicyclic amines) is 1. The van der Waals surface area contributed by atoms with Crippen LogP contribution < -0.4 is 29.6 Å². The highest BCUT2D eigenvalue weighted by atomic mass is 16.5. The molecule has 4 heterocycles. The minimum atomic E-state index is -0.489. The Kier molecular flexibility index (Phi) is 7.26. The van der Waals surface area contributed by atoms with Crippen molar-refractivity contribution in [1.82, 2.24) is 15.5 Å². The molecule has 4 aliphatic heterocycles. The van der Waals surface area contributed by atoms with Crippen LogP contribution in [0.15, 0.2) is 60.7 Å². The van der Waals surface area contributed by atoms with Crippen molar-refractivity contribution in [2.75, 3.05) is 32.9 Å². The molecule has 0 spiro atoms. The van der Waals surface area contributed by atoms with Crippen molar-refractivity contribution < 1.29 is 33.3 Å². The molecule has 0 aromatic heterocycles. The van der Waals surface area contributed by atoms with Crippen molar-refractivity contribution in [1.29, 1.82) is 0 Å². The summed E-state index contributed by atoms with van der Waals surface area (Å²) in [6, 6.07) is 17.4. The lowest BCUT2D eigenvalue weighted by atomic mass is 10.1. The lowest BCUT2D eigenvalue weighted by molar-refractivity contribution is -0.123. The Labute approximate surface area is 249 Å². The van der Waals surface area contributed by atoms with Crippen LogP contribution in [0.5, 0.6) is 23.0 Å². The minimum absolute atomic E-state index is 0.126. The predicted octanol–water partition coefficient (Wildman–Crippen LogP) is 3.12. The van der Waals surface area contributed by atoms with Gasteiger partial charge in [0, 0.05) is 36.7 Å². The van der Waals surface area contributed by atoms with Crippen molar-refractivity contribution in [3.63, 3.8) is 0 Å². The van der Waals surface area contributed by atoms with Gasteiger partial charge < -0.3 is 34.5 Å². The molecule has 4 bridgehead atoms. The van der Waals surface area contributed by atoms with Gasteiger partial charge in [0.25, 0.3) is 17.7 Å². The van der Waals surface area contributed by atoms with Gasteiger partial charge in [0.1, 0.15) is 29.1 Å². The number of amides is 3. The molecular weight excluding hydrogens is 550 g/mol. The zero-order valence-corrected chi connectivity index (χ0v) is 23.7. The molecule has 43 heavy (non-hydrogen) atoms. The highest BCUT2D eigenvalue weighted by molar-refractivity contribution is 5.96. The van der Waals surface area contributed by atoms with E-state index in [9.17, 15) is 14.4 Å². The van der Waals surface area contributed by atoms with Crippen LogP contribution in [0.2, 0.25) is 0 Å². The van der Waals surface area contributed by atoms with Crippen LogP contribution in [0.25, 0.3) is 0 Å². The average Bonchev–Trinajstić information content (AvgIpc) is 3.60. The van der Waals surface area contributed by atoms with Gasteiger partial charge in [-0.15, -0.1) is 0 Å². The monoisotopic (exact) mass is 583 g/mol. The number of carbonyl (C=O) groups excluding carboxylic acids is 3. The van der Waals surface area contributed by atoms with E-state index >= 15 is 0 Å². The molecular formula is C33H33N3O7. The normalized spacial score (nSPS) is 21.3. The molecule has 2 fully saturated rings. The first kappa shape index (κ1) is 27.1. The van der Waals surface area contributed by atoms with Crippen LogP contribution in [-0.2, 0) is 17.8 Å². The maximum Gasteiger partial charge on any atom is 0.258 e. The van der Waals surface area contributed by atoms with E-state index in [0.717, 1.165) is 36.1 Å². The van der Waals surface area contributed by atoms with E-state index in [4.69, 9.17) is 18.9 Å². The molecule has 1 aliphatic carbocycles. The first-order chi connectivity index (χ1) is 21.0. The van der Waals surface area contributed by atoms with Gasteiger partial charge in [-0.25, -0.2) is 0 Å². The molecule has 10 nitrogen and oxygen atoms in total. The highest BCUT2D eigenvalue weighted by Gasteiger charge is 2.39. The standard InChI is InChI=1S/C33H33N3O7/c37-31-19-42-27-13-24(12-26(14-27)41-18-21-1-2-21)32(38)35-28-16-36(33(39)23-5-8-29-22(11-23)9-10-40-29)17-30(28)43-25-6-3-20(4-7-25)15-34-31/h3-8,11-14,21,28,30H,1-2,9-10,15-19H2,(H,34,37)(H,35,38)/t28-,30-/m0/s1. The number of ether oxygens (including phenoxy) is 4. The second kappa shape index (κ2) is 11.5. The molecule has 1 saturated heterocycles.